The summed E-state index contributed by atoms with van der Waals surface area (Å²) in [4.78, 5) is 94.1. The van der Waals surface area contributed by atoms with E-state index in [0.29, 0.717) is 87.7 Å². The number of aromatic nitrogens is 6. The van der Waals surface area contributed by atoms with E-state index in [1.807, 2.05) is 60.7 Å². The summed E-state index contributed by atoms with van der Waals surface area (Å²) in [5, 5.41) is 28.6. The van der Waals surface area contributed by atoms with Crippen molar-refractivity contribution in [3.8, 4) is 33.9 Å². The Balaban J connectivity index is 0.000000170. The molecule has 7 heterocycles. The predicted octanol–water partition coefficient (Wildman–Crippen LogP) is 13.4. The molecule has 0 radical (unpaired) electrons. The van der Waals surface area contributed by atoms with E-state index < -0.39 is 23.1 Å². The molecule has 1 saturated heterocycles. The summed E-state index contributed by atoms with van der Waals surface area (Å²) in [7, 11) is 0. The summed E-state index contributed by atoms with van der Waals surface area (Å²) in [5.41, 5.74) is 9.34. The summed E-state index contributed by atoms with van der Waals surface area (Å²) in [5.74, 6) is -0.289. The number of anilines is 2. The minimum absolute atomic E-state index is 0. The van der Waals surface area contributed by atoms with Crippen molar-refractivity contribution in [3.05, 3.63) is 215 Å². The molecule has 7 aliphatic rings. The van der Waals surface area contributed by atoms with Gasteiger partial charge in [-0.25, -0.2) is 19.9 Å². The number of para-hydroxylation sites is 4. The van der Waals surface area contributed by atoms with Gasteiger partial charge in [0, 0.05) is 101 Å². The number of amides is 6. The molecule has 24 nitrogen and oxygen atoms in total. The Bertz CT molecular complexity index is 4890. The van der Waals surface area contributed by atoms with Crippen LogP contribution in [0.3, 0.4) is 0 Å². The van der Waals surface area contributed by atoms with Gasteiger partial charge in [0.05, 0.1) is 73.2 Å². The second-order valence-corrected chi connectivity index (χ2v) is 28.5. The van der Waals surface area contributed by atoms with Crippen LogP contribution in [0.25, 0.3) is 55.7 Å². The number of hydrogen-bond acceptors (Lipinski definition) is 18. The van der Waals surface area contributed by atoms with E-state index >= 15 is 0 Å². The third-order valence-corrected chi connectivity index (χ3v) is 21.0. The summed E-state index contributed by atoms with van der Waals surface area (Å²) in [6, 6.07) is 50.7. The molecule has 5 fully saturated rings. The van der Waals surface area contributed by atoms with Crippen LogP contribution in [0.4, 0.5) is 11.9 Å². The van der Waals surface area contributed by atoms with Crippen molar-refractivity contribution in [2.75, 3.05) is 23.8 Å². The highest BCUT2D eigenvalue weighted by Gasteiger charge is 2.44. The van der Waals surface area contributed by atoms with Crippen LogP contribution in [0.5, 0.6) is 0 Å². The lowest BCUT2D eigenvalue weighted by Crippen LogP contribution is -2.44. The lowest BCUT2D eigenvalue weighted by molar-refractivity contribution is -0.126. The Morgan fingerprint density at radius 2 is 0.862 bits per heavy atom. The van der Waals surface area contributed by atoms with Crippen molar-refractivity contribution >= 4 is 115 Å². The number of aliphatic hydroxyl groups is 1. The van der Waals surface area contributed by atoms with Crippen LogP contribution in [0.2, 0.25) is 10.0 Å². The fraction of sp³-hybridized carbons (Fsp3) is 0.333. The van der Waals surface area contributed by atoms with E-state index in [2.05, 4.69) is 107 Å². The van der Waals surface area contributed by atoms with Gasteiger partial charge >= 0.3 is 23.1 Å². The normalized spacial score (nSPS) is 20.7. The predicted molar refractivity (Wildman–Crippen MR) is 419 cm³/mol. The molecular formula is C81H84Cl2N12O12S2. The first-order valence-electron chi connectivity index (χ1n) is 36.1. The van der Waals surface area contributed by atoms with Crippen molar-refractivity contribution < 1.29 is 55.4 Å². The molecule has 6 amide bonds. The van der Waals surface area contributed by atoms with E-state index in [4.69, 9.17) is 54.7 Å². The topological polar surface area (TPSA) is 325 Å². The van der Waals surface area contributed by atoms with Crippen LogP contribution < -0.4 is 26.6 Å². The maximum absolute atomic E-state index is 13.4. The van der Waals surface area contributed by atoms with E-state index in [9.17, 15) is 33.9 Å². The average Bonchev–Trinajstić information content (AvgIpc) is 1.63. The number of fused-ring (bicyclic) bond motifs is 4. The zero-order chi connectivity index (χ0) is 75.6. The number of imide groups is 2. The maximum atomic E-state index is 13.4. The van der Waals surface area contributed by atoms with Gasteiger partial charge in [-0.1, -0.05) is 128 Å². The Labute approximate surface area is 647 Å². The standard InChI is InChI=1S/C38H35ClN6O3.C30H32ClN5O2.C8H5NO2.C4H8O.CH4.2O2S/c39-32-21-40-38(43-34(32)31-22-44(26-11-2-1-3-12-26)33-16-7-6-13-28(31)33)42-25-10-8-9-24(20-25)41-35(46)23-17-18-27(19-23)45-36(47)29-14-4-5-15-30(29)37(45)48;31-26-17-32-30(34-21-8-6-7-20(16-21)33-29(38)19-13-14-23(37)15-19)35-28(26)25-18-36(22-9-2-1-3-10-22)27-12-5-4-11-24(25)27;10-7-5-3-1-2-4-6(5)8(11)9-7;1-2-4-5-3-1;;2*1-3-2/h1-7,11-16,21-25,27H,8-10,17-20H2,(H,41,46)(H,40,42,43);1-5,9-12,17-21,23,37H,6-8,13-16H2,(H,33,38)(H,32,34,35);1-4H,(H,9,10,11);1-4H2;1H4;;/t23-,24-,25+,27+;19-,20-,21+,23-;;;;;/m00...../s1. The van der Waals surface area contributed by atoms with Crippen molar-refractivity contribution in [3.63, 3.8) is 0 Å². The Morgan fingerprint density at radius 1 is 0.468 bits per heavy atom. The molecule has 4 aliphatic carbocycles. The number of halogens is 2. The highest BCUT2D eigenvalue weighted by molar-refractivity contribution is 7.52. The first kappa shape index (κ1) is 79.6. The second kappa shape index (κ2) is 38.1. The zero-order valence-electron chi connectivity index (χ0n) is 58.8. The van der Waals surface area contributed by atoms with Gasteiger partial charge in [-0.2, -0.15) is 16.8 Å². The molecule has 10 aromatic rings. The Morgan fingerprint density at radius 3 is 1.28 bits per heavy atom. The molecule has 109 heavy (non-hydrogen) atoms. The third kappa shape index (κ3) is 19.3. The van der Waals surface area contributed by atoms with Crippen molar-refractivity contribution in [1.82, 2.24) is 49.9 Å². The van der Waals surface area contributed by atoms with Crippen molar-refractivity contribution in [2.45, 2.75) is 146 Å². The SMILES string of the molecule is C.C1CCOC1.O=C(N[C@H]1CCC[C@@H](Nc2ncc(Cl)c(-c3cn(-c4ccccc4)c4ccccc34)n2)C1)[C@H]1CC[C@@H](N2C(=O)c3ccccc3C2=O)C1.O=C(N[C@H]1CCC[C@@H](Nc2ncc(Cl)c(-c3cn(-c4ccccc4)c4ccccc34)n2)C1)[C@H]1CC[C@H](O)C1.O=C1NC(=O)c2ccccc21.O=S=O.O=S=O. The van der Waals surface area contributed by atoms with Crippen LogP contribution in [0.15, 0.2) is 183 Å². The molecule has 4 aromatic heterocycles. The number of ether oxygens (including phenoxy) is 1. The lowest BCUT2D eigenvalue weighted by Gasteiger charge is -2.31. The second-order valence-electron chi connectivity index (χ2n) is 27.4. The van der Waals surface area contributed by atoms with E-state index in [0.717, 1.165) is 115 Å². The molecule has 0 bridgehead atoms. The quantitative estimate of drug-likeness (QED) is 0.0584. The number of carbonyl (C=O) groups excluding carboxylic acids is 6. The zero-order valence-corrected chi connectivity index (χ0v) is 62.0. The minimum atomic E-state index is -0.750. The van der Waals surface area contributed by atoms with Crippen molar-refractivity contribution in [1.29, 1.82) is 0 Å². The van der Waals surface area contributed by atoms with E-state index in [1.165, 1.54) is 17.7 Å². The summed E-state index contributed by atoms with van der Waals surface area (Å²) in [6.45, 7) is 2.00. The van der Waals surface area contributed by atoms with Crippen LogP contribution >= 0.6 is 23.2 Å². The molecular weight excluding hydrogens is 1470 g/mol. The largest absolute Gasteiger partial charge is 0.393 e. The summed E-state index contributed by atoms with van der Waals surface area (Å²) >= 11 is 11.9. The van der Waals surface area contributed by atoms with Crippen LogP contribution in [-0.2, 0) is 37.5 Å². The number of nitrogens with zero attached hydrogens (tertiary/aromatic N) is 7. The van der Waals surface area contributed by atoms with Gasteiger partial charge < -0.3 is 40.2 Å². The van der Waals surface area contributed by atoms with Gasteiger partial charge in [0.15, 0.2) is 0 Å². The average molecular weight is 1550 g/mol. The first-order chi connectivity index (χ1) is 52.6. The molecule has 28 heteroatoms. The van der Waals surface area contributed by atoms with Crippen LogP contribution in [0, 0.1) is 11.8 Å². The molecule has 6 aromatic carbocycles. The van der Waals surface area contributed by atoms with Gasteiger partial charge in [0.1, 0.15) is 0 Å². The molecule has 0 spiro atoms. The molecule has 3 aliphatic heterocycles. The molecule has 8 atom stereocenters. The maximum Gasteiger partial charge on any atom is 0.335 e. The number of carbonyl (C=O) groups is 6. The first-order valence-corrected chi connectivity index (χ1v) is 38.2. The van der Waals surface area contributed by atoms with Gasteiger partial charge in [-0.05, 0) is 163 Å². The number of rotatable bonds is 13. The van der Waals surface area contributed by atoms with Crippen LogP contribution in [-0.4, -0.2) is 141 Å². The highest BCUT2D eigenvalue weighted by Crippen LogP contribution is 2.40. The monoisotopic (exact) mass is 1550 g/mol. The summed E-state index contributed by atoms with van der Waals surface area (Å²) in [6.07, 6.45) is 20.8. The van der Waals surface area contributed by atoms with Gasteiger partial charge in [0.25, 0.3) is 23.6 Å². The molecule has 0 unspecified atom stereocenters. The Kier molecular flexibility index (Phi) is 27.8. The van der Waals surface area contributed by atoms with Crippen molar-refractivity contribution in [2.24, 2.45) is 11.8 Å². The van der Waals surface area contributed by atoms with Gasteiger partial charge in [0.2, 0.25) is 23.7 Å². The molecule has 566 valence electrons. The number of nitrogens with one attached hydrogen (secondary N) is 5. The fourth-order valence-electron chi connectivity index (χ4n) is 15.3. The summed E-state index contributed by atoms with van der Waals surface area (Å²) < 4.78 is 42.4. The molecule has 4 saturated carbocycles. The number of hydrogen-bond donors (Lipinski definition) is 6. The van der Waals surface area contributed by atoms with Crippen LogP contribution in [0.1, 0.15) is 152 Å². The molecule has 17 rings (SSSR count). The number of benzene rings is 6. The van der Waals surface area contributed by atoms with Gasteiger partial charge in [-0.15, -0.1) is 0 Å². The Hall–Kier alpha value is -10.5. The molecule has 6 N–H and O–H groups in total. The van der Waals surface area contributed by atoms with Gasteiger partial charge in [-0.3, -0.25) is 39.0 Å². The fourth-order valence-corrected chi connectivity index (χ4v) is 15.7. The number of aliphatic hydroxyl groups excluding tert-OH is 1. The van der Waals surface area contributed by atoms with E-state index in [-0.39, 0.29) is 91.0 Å². The lowest BCUT2D eigenvalue weighted by atomic mass is 9.90. The minimum Gasteiger partial charge on any atom is -0.393 e. The highest BCUT2D eigenvalue weighted by atomic mass is 35.5. The third-order valence-electron chi connectivity index (χ3n) is 20.4. The smallest absolute Gasteiger partial charge is 0.335 e. The van der Waals surface area contributed by atoms with E-state index in [1.54, 1.807) is 60.9 Å².